The zero-order valence-corrected chi connectivity index (χ0v) is 11.6. The van der Waals surface area contributed by atoms with Gasteiger partial charge in [0.2, 0.25) is 11.8 Å². The Balaban J connectivity index is 1.89. The third kappa shape index (κ3) is 1.71. The van der Waals surface area contributed by atoms with E-state index in [1.165, 1.54) is 6.92 Å². The van der Waals surface area contributed by atoms with E-state index in [-0.39, 0.29) is 28.0 Å². The number of tetrazole rings is 1. The Morgan fingerprint density at radius 1 is 1.53 bits per heavy atom. The first kappa shape index (κ1) is 12.4. The van der Waals surface area contributed by atoms with Crippen LogP contribution in [0, 0.1) is 0 Å². The summed E-state index contributed by atoms with van der Waals surface area (Å²) in [6.45, 7) is 5.50. The number of aromatic amines is 1. The Hall–Kier alpha value is -1.64. The molecule has 2 amide bonds. The van der Waals surface area contributed by atoms with Gasteiger partial charge in [-0.2, -0.15) is 0 Å². The van der Waals surface area contributed by atoms with Crippen LogP contribution in [0.3, 0.4) is 0 Å². The van der Waals surface area contributed by atoms with Crippen molar-refractivity contribution in [1.82, 2.24) is 30.8 Å². The molecule has 1 aromatic heterocycles. The van der Waals surface area contributed by atoms with Gasteiger partial charge in [-0.25, -0.2) is 5.10 Å². The molecular formula is C10H14N6O2S. The molecular weight excluding hydrogens is 268 g/mol. The Morgan fingerprint density at radius 3 is 2.84 bits per heavy atom. The van der Waals surface area contributed by atoms with E-state index in [1.54, 1.807) is 16.7 Å². The zero-order valence-electron chi connectivity index (χ0n) is 10.7. The molecule has 2 aliphatic heterocycles. The number of H-pyrrole nitrogens is 1. The summed E-state index contributed by atoms with van der Waals surface area (Å²) in [7, 11) is 0. The lowest BCUT2D eigenvalue weighted by Crippen LogP contribution is -2.67. The van der Waals surface area contributed by atoms with E-state index < -0.39 is 6.04 Å². The number of aromatic nitrogens is 4. The summed E-state index contributed by atoms with van der Waals surface area (Å²) in [6, 6.07) is -0.641. The summed E-state index contributed by atoms with van der Waals surface area (Å²) in [5.41, 5.74) is 0. The van der Waals surface area contributed by atoms with Crippen molar-refractivity contribution in [2.24, 2.45) is 0 Å². The van der Waals surface area contributed by atoms with Gasteiger partial charge in [0.25, 0.3) is 0 Å². The predicted molar refractivity (Wildman–Crippen MR) is 66.8 cm³/mol. The van der Waals surface area contributed by atoms with Crippen molar-refractivity contribution in [3.05, 3.63) is 5.82 Å². The van der Waals surface area contributed by atoms with Crippen molar-refractivity contribution in [1.29, 1.82) is 0 Å². The molecule has 0 saturated carbocycles. The van der Waals surface area contributed by atoms with E-state index in [0.29, 0.717) is 5.82 Å². The van der Waals surface area contributed by atoms with Crippen LogP contribution in [-0.2, 0) is 9.59 Å². The third-order valence-electron chi connectivity index (χ3n) is 3.42. The fraction of sp³-hybridized carbons (Fsp3) is 0.700. The van der Waals surface area contributed by atoms with Gasteiger partial charge in [-0.05, 0) is 24.3 Å². The van der Waals surface area contributed by atoms with Gasteiger partial charge < -0.3 is 10.2 Å². The van der Waals surface area contributed by atoms with Gasteiger partial charge in [-0.3, -0.25) is 9.59 Å². The second-order valence-electron chi connectivity index (χ2n) is 5.22. The fourth-order valence-electron chi connectivity index (χ4n) is 2.69. The first-order chi connectivity index (χ1) is 8.92. The number of carbonyl (C=O) groups is 2. The van der Waals surface area contributed by atoms with Gasteiger partial charge in [0.05, 0.1) is 0 Å². The Bertz CT molecular complexity index is 530. The van der Waals surface area contributed by atoms with Crippen molar-refractivity contribution in [2.45, 2.75) is 43.0 Å². The molecule has 3 heterocycles. The molecule has 19 heavy (non-hydrogen) atoms. The molecule has 102 valence electrons. The van der Waals surface area contributed by atoms with Crippen LogP contribution in [0.2, 0.25) is 0 Å². The zero-order chi connectivity index (χ0) is 13.8. The van der Waals surface area contributed by atoms with Crippen molar-refractivity contribution in [3.8, 4) is 0 Å². The molecule has 3 atom stereocenters. The SMILES string of the molecule is CC(=O)NC1C(=O)N2C1SC(C)(C)C2c1nnn[nH]1. The lowest BCUT2D eigenvalue weighted by molar-refractivity contribution is -0.151. The van der Waals surface area contributed by atoms with Crippen molar-refractivity contribution in [3.63, 3.8) is 0 Å². The van der Waals surface area contributed by atoms with E-state index in [2.05, 4.69) is 25.9 Å². The molecule has 0 radical (unpaired) electrons. The van der Waals surface area contributed by atoms with E-state index in [0.717, 1.165) is 0 Å². The maximum absolute atomic E-state index is 12.2. The second-order valence-corrected chi connectivity index (χ2v) is 7.00. The lowest BCUT2D eigenvalue weighted by atomic mass is 9.95. The van der Waals surface area contributed by atoms with Crippen molar-refractivity contribution in [2.75, 3.05) is 0 Å². The number of β-lactam (4-membered cyclic amide) rings is 1. The molecule has 2 saturated heterocycles. The van der Waals surface area contributed by atoms with Crippen LogP contribution in [-0.4, -0.2) is 53.5 Å². The van der Waals surface area contributed by atoms with Crippen LogP contribution < -0.4 is 5.32 Å². The van der Waals surface area contributed by atoms with Crippen LogP contribution in [0.1, 0.15) is 32.6 Å². The number of fused-ring (bicyclic) bond motifs is 1. The van der Waals surface area contributed by atoms with Crippen LogP contribution in [0.4, 0.5) is 0 Å². The quantitative estimate of drug-likeness (QED) is 0.705. The normalized spacial score (nSPS) is 31.8. The standard InChI is InChI=1S/C10H14N6O2S/c1-4(17)11-5-8(18)16-6(7-12-14-15-13-7)10(2,3)19-9(5)16/h5-6,9H,1-3H3,(H,11,17)(H,12,13,14,15). The molecule has 2 fully saturated rings. The smallest absolute Gasteiger partial charge is 0.249 e. The van der Waals surface area contributed by atoms with Gasteiger partial charge in [0, 0.05) is 11.7 Å². The highest BCUT2D eigenvalue weighted by Gasteiger charge is 2.63. The number of rotatable bonds is 2. The molecule has 9 heteroatoms. The third-order valence-corrected chi connectivity index (χ3v) is 4.99. The van der Waals surface area contributed by atoms with Crippen LogP contribution in [0.5, 0.6) is 0 Å². The first-order valence-corrected chi connectivity index (χ1v) is 6.80. The number of hydrogen-bond donors (Lipinski definition) is 2. The van der Waals surface area contributed by atoms with Crippen LogP contribution in [0.15, 0.2) is 0 Å². The lowest BCUT2D eigenvalue weighted by Gasteiger charge is -2.44. The summed E-state index contributed by atoms with van der Waals surface area (Å²) < 4.78 is -0.214. The highest BCUT2D eigenvalue weighted by atomic mass is 32.2. The van der Waals surface area contributed by atoms with Gasteiger partial charge in [0.1, 0.15) is 17.5 Å². The number of thioether (sulfide) groups is 1. The molecule has 0 spiro atoms. The fourth-order valence-corrected chi connectivity index (χ4v) is 4.33. The highest BCUT2D eigenvalue weighted by Crippen LogP contribution is 2.56. The van der Waals surface area contributed by atoms with Gasteiger partial charge in [-0.15, -0.1) is 16.9 Å². The van der Waals surface area contributed by atoms with Gasteiger partial charge >= 0.3 is 0 Å². The summed E-state index contributed by atoms with van der Waals surface area (Å²) >= 11 is 1.65. The van der Waals surface area contributed by atoms with E-state index in [4.69, 9.17) is 0 Å². The van der Waals surface area contributed by atoms with Crippen molar-refractivity contribution < 1.29 is 9.59 Å². The highest BCUT2D eigenvalue weighted by molar-refractivity contribution is 8.01. The molecule has 8 nitrogen and oxygen atoms in total. The second kappa shape index (κ2) is 3.92. The van der Waals surface area contributed by atoms with Crippen molar-refractivity contribution >= 4 is 23.6 Å². The number of amides is 2. The Kier molecular flexibility index (Phi) is 2.56. The number of hydrogen-bond acceptors (Lipinski definition) is 6. The maximum Gasteiger partial charge on any atom is 0.249 e. The first-order valence-electron chi connectivity index (χ1n) is 5.92. The van der Waals surface area contributed by atoms with Crippen LogP contribution in [0.25, 0.3) is 0 Å². The van der Waals surface area contributed by atoms with E-state index in [9.17, 15) is 9.59 Å². The van der Waals surface area contributed by atoms with E-state index >= 15 is 0 Å². The Labute approximate surface area is 113 Å². The topological polar surface area (TPSA) is 104 Å². The average molecular weight is 282 g/mol. The number of nitrogens with one attached hydrogen (secondary N) is 2. The monoisotopic (exact) mass is 282 g/mol. The molecule has 0 aliphatic carbocycles. The minimum atomic E-state index is -0.442. The molecule has 3 rings (SSSR count). The minimum absolute atomic E-state index is 0.0542. The summed E-state index contributed by atoms with van der Waals surface area (Å²) in [5.74, 6) is 0.301. The molecule has 0 bridgehead atoms. The largest absolute Gasteiger partial charge is 0.342 e. The number of nitrogens with zero attached hydrogens (tertiary/aromatic N) is 4. The van der Waals surface area contributed by atoms with E-state index in [1.807, 2.05) is 13.8 Å². The van der Waals surface area contributed by atoms with Crippen LogP contribution >= 0.6 is 11.8 Å². The maximum atomic E-state index is 12.2. The average Bonchev–Trinajstić information content (AvgIpc) is 2.90. The molecule has 2 aliphatic rings. The molecule has 3 unspecified atom stereocenters. The van der Waals surface area contributed by atoms with Gasteiger partial charge in [0.15, 0.2) is 5.82 Å². The molecule has 2 N–H and O–H groups in total. The summed E-state index contributed by atoms with van der Waals surface area (Å²) in [5, 5.41) is 16.4. The predicted octanol–water partition coefficient (Wildman–Crippen LogP) is -0.561. The molecule has 0 aromatic carbocycles. The molecule has 1 aromatic rings. The summed E-state index contributed by atoms with van der Waals surface area (Å²) in [4.78, 5) is 25.1. The van der Waals surface area contributed by atoms with Gasteiger partial charge in [-0.1, -0.05) is 0 Å². The number of carbonyl (C=O) groups excluding carboxylic acids is 2. The Morgan fingerprint density at radius 2 is 2.26 bits per heavy atom. The summed E-state index contributed by atoms with van der Waals surface area (Å²) in [6.07, 6.45) is 0. The minimum Gasteiger partial charge on any atom is -0.342 e.